The van der Waals surface area contributed by atoms with Gasteiger partial charge in [0, 0.05) is 6.04 Å². The van der Waals surface area contributed by atoms with E-state index >= 15 is 0 Å². The van der Waals surface area contributed by atoms with Crippen LogP contribution in [0.2, 0.25) is 0 Å². The van der Waals surface area contributed by atoms with Crippen LogP contribution in [0.25, 0.3) is 0 Å². The normalized spacial score (nSPS) is 12.1. The zero-order chi connectivity index (χ0) is 13.7. The number of hydrogen-bond acceptors (Lipinski definition) is 2. The highest BCUT2D eigenvalue weighted by Gasteiger charge is 2.13. The van der Waals surface area contributed by atoms with Crippen LogP contribution in [0.1, 0.15) is 29.5 Å². The minimum absolute atomic E-state index is 0.108. The molecule has 3 nitrogen and oxygen atoms in total. The predicted octanol–water partition coefficient (Wildman–Crippen LogP) is 3.79. The van der Waals surface area contributed by atoms with Crippen LogP contribution in [0.4, 0.5) is 0 Å². The lowest BCUT2D eigenvalue weighted by atomic mass is 10.1. The van der Waals surface area contributed by atoms with Crippen molar-refractivity contribution in [2.24, 2.45) is 0 Å². The lowest BCUT2D eigenvalue weighted by molar-refractivity contribution is 0.0909. The van der Waals surface area contributed by atoms with Crippen LogP contribution in [-0.2, 0) is 6.42 Å². The average Bonchev–Trinajstić information content (AvgIpc) is 2.84. The summed E-state index contributed by atoms with van der Waals surface area (Å²) < 4.78 is 5.78. The maximum absolute atomic E-state index is 11.9. The molecule has 1 atom stereocenters. The summed E-state index contributed by atoms with van der Waals surface area (Å²) in [5, 5.41) is 2.93. The van der Waals surface area contributed by atoms with Gasteiger partial charge in [0.15, 0.2) is 10.4 Å². The number of nitrogens with one attached hydrogen (secondary N) is 1. The second-order valence-corrected chi connectivity index (χ2v) is 5.28. The highest BCUT2D eigenvalue weighted by atomic mass is 79.9. The zero-order valence-corrected chi connectivity index (χ0v) is 12.3. The van der Waals surface area contributed by atoms with Crippen LogP contribution in [0.15, 0.2) is 51.6 Å². The maximum Gasteiger partial charge on any atom is 0.287 e. The average molecular weight is 322 g/mol. The van der Waals surface area contributed by atoms with Crippen LogP contribution in [-0.4, -0.2) is 11.9 Å². The molecule has 1 aromatic heterocycles. The Morgan fingerprint density at radius 2 is 2.00 bits per heavy atom. The fourth-order valence-corrected chi connectivity index (χ4v) is 2.14. The third kappa shape index (κ3) is 4.24. The lowest BCUT2D eigenvalue weighted by Gasteiger charge is -2.12. The van der Waals surface area contributed by atoms with E-state index in [0.29, 0.717) is 10.4 Å². The van der Waals surface area contributed by atoms with Crippen LogP contribution in [0, 0.1) is 0 Å². The molecule has 2 aromatic rings. The Bertz CT molecular complexity index is 536. The van der Waals surface area contributed by atoms with E-state index in [1.54, 1.807) is 12.1 Å². The highest BCUT2D eigenvalue weighted by Crippen LogP contribution is 2.14. The molecule has 0 saturated heterocycles. The van der Waals surface area contributed by atoms with Crippen molar-refractivity contribution in [3.63, 3.8) is 0 Å². The summed E-state index contributed by atoms with van der Waals surface area (Å²) in [6.07, 6.45) is 1.85. The number of aryl methyl sites for hydroxylation is 1. The Balaban J connectivity index is 1.81. The quantitative estimate of drug-likeness (QED) is 0.910. The number of halogens is 1. The lowest BCUT2D eigenvalue weighted by Crippen LogP contribution is -2.32. The molecule has 1 heterocycles. The largest absolute Gasteiger partial charge is 0.444 e. The van der Waals surface area contributed by atoms with Gasteiger partial charge in [0.2, 0.25) is 0 Å². The molecule has 0 spiro atoms. The topological polar surface area (TPSA) is 42.2 Å². The van der Waals surface area contributed by atoms with Gasteiger partial charge in [0.25, 0.3) is 5.91 Å². The van der Waals surface area contributed by atoms with Crippen LogP contribution < -0.4 is 5.32 Å². The Morgan fingerprint density at radius 1 is 1.26 bits per heavy atom. The van der Waals surface area contributed by atoms with Gasteiger partial charge in [-0.1, -0.05) is 30.3 Å². The second kappa shape index (κ2) is 6.57. The number of carbonyl (C=O) groups is 1. The molecule has 2 rings (SSSR count). The number of amides is 1. The van der Waals surface area contributed by atoms with Gasteiger partial charge in [-0.15, -0.1) is 0 Å². The van der Waals surface area contributed by atoms with Crippen molar-refractivity contribution in [3.05, 3.63) is 58.5 Å². The Kier molecular flexibility index (Phi) is 4.80. The Labute approximate surface area is 121 Å². The van der Waals surface area contributed by atoms with Crippen molar-refractivity contribution in [2.75, 3.05) is 0 Å². The molecule has 0 aliphatic carbocycles. The van der Waals surface area contributed by atoms with E-state index in [4.69, 9.17) is 4.42 Å². The predicted molar refractivity (Wildman–Crippen MR) is 78.1 cm³/mol. The van der Waals surface area contributed by atoms with Gasteiger partial charge in [-0.2, -0.15) is 0 Å². The van der Waals surface area contributed by atoms with Gasteiger partial charge in [-0.05, 0) is 53.4 Å². The van der Waals surface area contributed by atoms with E-state index < -0.39 is 0 Å². The van der Waals surface area contributed by atoms with Gasteiger partial charge >= 0.3 is 0 Å². The third-order valence-corrected chi connectivity index (χ3v) is 3.31. The number of benzene rings is 1. The SMILES string of the molecule is C[C@H](CCc1ccccc1)NC(=O)c1ccc(Br)o1. The third-order valence-electron chi connectivity index (χ3n) is 2.88. The van der Waals surface area contributed by atoms with Gasteiger partial charge in [0.05, 0.1) is 0 Å². The molecular weight excluding hydrogens is 306 g/mol. The van der Waals surface area contributed by atoms with Crippen molar-refractivity contribution in [1.29, 1.82) is 0 Å². The zero-order valence-electron chi connectivity index (χ0n) is 10.7. The fourth-order valence-electron chi connectivity index (χ4n) is 1.83. The number of rotatable bonds is 5. The molecule has 0 bridgehead atoms. The van der Waals surface area contributed by atoms with Crippen LogP contribution in [0.3, 0.4) is 0 Å². The molecule has 0 aliphatic heterocycles. The van der Waals surface area contributed by atoms with E-state index in [1.165, 1.54) is 5.56 Å². The molecule has 19 heavy (non-hydrogen) atoms. The Hall–Kier alpha value is -1.55. The number of furan rings is 1. The summed E-state index contributed by atoms with van der Waals surface area (Å²) >= 11 is 3.18. The van der Waals surface area contributed by atoms with E-state index in [2.05, 4.69) is 33.4 Å². The Morgan fingerprint density at radius 3 is 2.63 bits per heavy atom. The molecule has 0 radical (unpaired) electrons. The first kappa shape index (κ1) is 13.9. The van der Waals surface area contributed by atoms with Crippen molar-refractivity contribution < 1.29 is 9.21 Å². The van der Waals surface area contributed by atoms with Crippen LogP contribution in [0.5, 0.6) is 0 Å². The summed E-state index contributed by atoms with van der Waals surface area (Å²) in [4.78, 5) is 11.9. The van der Waals surface area contributed by atoms with Crippen molar-refractivity contribution >= 4 is 21.8 Å². The van der Waals surface area contributed by atoms with E-state index in [1.807, 2.05) is 25.1 Å². The van der Waals surface area contributed by atoms with E-state index in [-0.39, 0.29) is 11.9 Å². The smallest absolute Gasteiger partial charge is 0.287 e. The molecular formula is C15H16BrNO2. The minimum atomic E-state index is -0.175. The summed E-state index contributed by atoms with van der Waals surface area (Å²) in [5.74, 6) is 0.157. The molecule has 100 valence electrons. The van der Waals surface area contributed by atoms with Crippen molar-refractivity contribution in [1.82, 2.24) is 5.32 Å². The minimum Gasteiger partial charge on any atom is -0.444 e. The number of carbonyl (C=O) groups excluding carboxylic acids is 1. The van der Waals surface area contributed by atoms with Gasteiger partial charge in [-0.25, -0.2) is 0 Å². The summed E-state index contributed by atoms with van der Waals surface area (Å²) in [6, 6.07) is 13.7. The molecule has 1 aromatic carbocycles. The van der Waals surface area contributed by atoms with E-state index in [0.717, 1.165) is 12.8 Å². The van der Waals surface area contributed by atoms with Gasteiger partial charge in [0.1, 0.15) is 0 Å². The number of hydrogen-bond donors (Lipinski definition) is 1. The van der Waals surface area contributed by atoms with Crippen molar-refractivity contribution in [2.45, 2.75) is 25.8 Å². The first-order chi connectivity index (χ1) is 9.15. The summed E-state index contributed by atoms with van der Waals surface area (Å²) in [7, 11) is 0. The maximum atomic E-state index is 11.9. The molecule has 0 aliphatic rings. The van der Waals surface area contributed by atoms with Gasteiger partial charge in [-0.3, -0.25) is 4.79 Å². The molecule has 0 saturated carbocycles. The summed E-state index contributed by atoms with van der Waals surface area (Å²) in [6.45, 7) is 2.00. The molecule has 4 heteroatoms. The molecule has 0 unspecified atom stereocenters. The monoisotopic (exact) mass is 321 g/mol. The van der Waals surface area contributed by atoms with Gasteiger partial charge < -0.3 is 9.73 Å². The standard InChI is InChI=1S/C15H16BrNO2/c1-11(7-8-12-5-3-2-4-6-12)17-15(18)13-9-10-14(16)19-13/h2-6,9-11H,7-8H2,1H3,(H,17,18)/t11-/m1/s1. The molecule has 1 amide bonds. The first-order valence-electron chi connectivity index (χ1n) is 6.25. The molecule has 0 fully saturated rings. The van der Waals surface area contributed by atoms with Crippen molar-refractivity contribution in [3.8, 4) is 0 Å². The molecule has 1 N–H and O–H groups in total. The summed E-state index contributed by atoms with van der Waals surface area (Å²) in [5.41, 5.74) is 1.28. The van der Waals surface area contributed by atoms with Crippen LogP contribution >= 0.6 is 15.9 Å². The first-order valence-corrected chi connectivity index (χ1v) is 7.04. The second-order valence-electron chi connectivity index (χ2n) is 4.50. The highest BCUT2D eigenvalue weighted by molar-refractivity contribution is 9.10. The fraction of sp³-hybridized carbons (Fsp3) is 0.267. The van der Waals surface area contributed by atoms with E-state index in [9.17, 15) is 4.79 Å².